The monoisotopic (exact) mass is 384 g/mol. The molecule has 0 saturated carbocycles. The molecule has 0 aliphatic heterocycles. The number of hydrogen-bond acceptors (Lipinski definition) is 5. The van der Waals surface area contributed by atoms with E-state index in [1.54, 1.807) is 30.5 Å². The van der Waals surface area contributed by atoms with E-state index in [1.165, 1.54) is 6.26 Å². The molecule has 0 saturated heterocycles. The maximum atomic E-state index is 12.2. The standard InChI is InChI=1S/C20H20N2O4S/c1-27(24,25)15-17-7-9-18(10-8-17)20(23)26-14-19-21-11-12-22(19)13-16-5-3-2-4-6-16/h2-12H,13-15H2,1H3. The molecule has 0 aliphatic rings. The van der Waals surface area contributed by atoms with E-state index >= 15 is 0 Å². The van der Waals surface area contributed by atoms with Crippen molar-refractivity contribution in [3.8, 4) is 0 Å². The molecule has 0 fully saturated rings. The van der Waals surface area contributed by atoms with Crippen molar-refractivity contribution in [1.29, 1.82) is 0 Å². The van der Waals surface area contributed by atoms with Crippen molar-refractivity contribution in [1.82, 2.24) is 9.55 Å². The molecule has 3 aromatic rings. The van der Waals surface area contributed by atoms with Crippen LogP contribution in [-0.2, 0) is 33.5 Å². The van der Waals surface area contributed by atoms with Crippen LogP contribution in [0.1, 0.15) is 27.3 Å². The average molecular weight is 384 g/mol. The zero-order chi connectivity index (χ0) is 19.3. The third kappa shape index (κ3) is 5.52. The number of aromatic nitrogens is 2. The molecular formula is C20H20N2O4S. The summed E-state index contributed by atoms with van der Waals surface area (Å²) in [4.78, 5) is 16.5. The lowest BCUT2D eigenvalue weighted by Crippen LogP contribution is -2.10. The summed E-state index contributed by atoms with van der Waals surface area (Å²) in [5, 5.41) is 0. The van der Waals surface area contributed by atoms with Crippen LogP contribution >= 0.6 is 0 Å². The van der Waals surface area contributed by atoms with E-state index in [2.05, 4.69) is 4.98 Å². The van der Waals surface area contributed by atoms with Gasteiger partial charge in [0.15, 0.2) is 9.84 Å². The van der Waals surface area contributed by atoms with E-state index in [1.807, 2.05) is 41.1 Å². The second kappa shape index (κ2) is 8.18. The Morgan fingerprint density at radius 1 is 1.04 bits per heavy atom. The summed E-state index contributed by atoms with van der Waals surface area (Å²) in [5.74, 6) is 0.121. The Morgan fingerprint density at radius 3 is 2.41 bits per heavy atom. The fraction of sp³-hybridized carbons (Fsp3) is 0.200. The molecule has 2 aromatic carbocycles. The van der Waals surface area contributed by atoms with Gasteiger partial charge in [-0.05, 0) is 23.3 Å². The summed E-state index contributed by atoms with van der Waals surface area (Å²) in [6, 6.07) is 16.3. The van der Waals surface area contributed by atoms with Gasteiger partial charge in [-0.1, -0.05) is 42.5 Å². The van der Waals surface area contributed by atoms with Gasteiger partial charge < -0.3 is 9.30 Å². The highest BCUT2D eigenvalue weighted by molar-refractivity contribution is 7.89. The quantitative estimate of drug-likeness (QED) is 0.585. The highest BCUT2D eigenvalue weighted by Gasteiger charge is 2.11. The largest absolute Gasteiger partial charge is 0.454 e. The molecule has 6 nitrogen and oxygen atoms in total. The zero-order valence-corrected chi connectivity index (χ0v) is 15.7. The van der Waals surface area contributed by atoms with E-state index in [4.69, 9.17) is 4.74 Å². The number of sulfone groups is 1. The molecule has 0 atom stereocenters. The molecule has 0 spiro atoms. The predicted molar refractivity (Wildman–Crippen MR) is 102 cm³/mol. The van der Waals surface area contributed by atoms with Crippen molar-refractivity contribution in [3.63, 3.8) is 0 Å². The van der Waals surface area contributed by atoms with Gasteiger partial charge in [-0.3, -0.25) is 0 Å². The van der Waals surface area contributed by atoms with Gasteiger partial charge in [0.05, 0.1) is 11.3 Å². The molecule has 1 heterocycles. The van der Waals surface area contributed by atoms with Crippen molar-refractivity contribution in [2.45, 2.75) is 18.9 Å². The maximum absolute atomic E-state index is 12.2. The lowest BCUT2D eigenvalue weighted by Gasteiger charge is -2.09. The van der Waals surface area contributed by atoms with Gasteiger partial charge in [-0.2, -0.15) is 0 Å². The predicted octanol–water partition coefficient (Wildman–Crippen LogP) is 2.83. The molecule has 0 aliphatic carbocycles. The van der Waals surface area contributed by atoms with Crippen LogP contribution in [-0.4, -0.2) is 30.2 Å². The van der Waals surface area contributed by atoms with Crippen molar-refractivity contribution < 1.29 is 17.9 Å². The number of esters is 1. The van der Waals surface area contributed by atoms with Crippen LogP contribution in [0.2, 0.25) is 0 Å². The Morgan fingerprint density at radius 2 is 1.74 bits per heavy atom. The maximum Gasteiger partial charge on any atom is 0.338 e. The van der Waals surface area contributed by atoms with Crippen LogP contribution in [0.4, 0.5) is 0 Å². The first-order valence-electron chi connectivity index (χ1n) is 8.38. The van der Waals surface area contributed by atoms with E-state index in [0.717, 1.165) is 5.56 Å². The molecule has 0 N–H and O–H groups in total. The van der Waals surface area contributed by atoms with E-state index in [-0.39, 0.29) is 12.4 Å². The number of hydrogen-bond donors (Lipinski definition) is 0. The number of rotatable bonds is 7. The Hall–Kier alpha value is -2.93. The van der Waals surface area contributed by atoms with Gasteiger partial charge in [-0.25, -0.2) is 18.2 Å². The second-order valence-electron chi connectivity index (χ2n) is 6.30. The van der Waals surface area contributed by atoms with Gasteiger partial charge >= 0.3 is 5.97 Å². The number of carbonyl (C=O) groups excluding carboxylic acids is 1. The first kappa shape index (κ1) is 18.8. The lowest BCUT2D eigenvalue weighted by molar-refractivity contribution is 0.0458. The summed E-state index contributed by atoms with van der Waals surface area (Å²) in [7, 11) is -3.11. The summed E-state index contributed by atoms with van der Waals surface area (Å²) in [6.07, 6.45) is 4.69. The van der Waals surface area contributed by atoms with Gasteiger partial charge in [0.25, 0.3) is 0 Å². The van der Waals surface area contributed by atoms with Gasteiger partial charge in [-0.15, -0.1) is 0 Å². The molecule has 0 amide bonds. The summed E-state index contributed by atoms with van der Waals surface area (Å²) < 4.78 is 29.9. The molecule has 0 radical (unpaired) electrons. The van der Waals surface area contributed by atoms with Crippen LogP contribution in [0.25, 0.3) is 0 Å². The van der Waals surface area contributed by atoms with Crippen molar-refractivity contribution >= 4 is 15.8 Å². The normalized spacial score (nSPS) is 11.3. The summed E-state index contributed by atoms with van der Waals surface area (Å²) in [6.45, 7) is 0.706. The fourth-order valence-electron chi connectivity index (χ4n) is 2.66. The fourth-order valence-corrected chi connectivity index (χ4v) is 3.46. The number of imidazole rings is 1. The molecule has 7 heteroatoms. The Kier molecular flexibility index (Phi) is 5.71. The molecule has 140 valence electrons. The van der Waals surface area contributed by atoms with Crippen LogP contribution in [0.3, 0.4) is 0 Å². The van der Waals surface area contributed by atoms with E-state index in [9.17, 15) is 13.2 Å². The molecular weight excluding hydrogens is 364 g/mol. The third-order valence-corrected chi connectivity index (χ3v) is 4.81. The van der Waals surface area contributed by atoms with Crippen molar-refractivity contribution in [2.24, 2.45) is 0 Å². The van der Waals surface area contributed by atoms with Crippen LogP contribution < -0.4 is 0 Å². The highest BCUT2D eigenvalue weighted by atomic mass is 32.2. The number of ether oxygens (including phenoxy) is 1. The van der Waals surface area contributed by atoms with Crippen LogP contribution in [0, 0.1) is 0 Å². The summed E-state index contributed by atoms with van der Waals surface area (Å²) >= 11 is 0. The smallest absolute Gasteiger partial charge is 0.338 e. The van der Waals surface area contributed by atoms with Gasteiger partial charge in [0.1, 0.15) is 12.4 Å². The number of benzene rings is 2. The van der Waals surface area contributed by atoms with E-state index in [0.29, 0.717) is 23.5 Å². The number of nitrogens with zero attached hydrogens (tertiary/aromatic N) is 2. The van der Waals surface area contributed by atoms with Crippen LogP contribution in [0.15, 0.2) is 67.0 Å². The number of carbonyl (C=O) groups is 1. The zero-order valence-electron chi connectivity index (χ0n) is 14.9. The molecule has 27 heavy (non-hydrogen) atoms. The minimum atomic E-state index is -3.11. The molecule has 0 bridgehead atoms. The van der Waals surface area contributed by atoms with Crippen LogP contribution in [0.5, 0.6) is 0 Å². The Labute approximate surface area is 158 Å². The molecule has 3 rings (SSSR count). The topological polar surface area (TPSA) is 78.3 Å². The molecule has 0 unspecified atom stereocenters. The van der Waals surface area contributed by atoms with Gasteiger partial charge in [0, 0.05) is 25.2 Å². The Balaban J connectivity index is 1.60. The minimum absolute atomic E-state index is 0.0563. The lowest BCUT2D eigenvalue weighted by atomic mass is 10.1. The van der Waals surface area contributed by atoms with E-state index < -0.39 is 15.8 Å². The first-order chi connectivity index (χ1) is 12.9. The van der Waals surface area contributed by atoms with Crippen molar-refractivity contribution in [3.05, 3.63) is 89.5 Å². The van der Waals surface area contributed by atoms with Gasteiger partial charge in [0.2, 0.25) is 0 Å². The first-order valence-corrected chi connectivity index (χ1v) is 10.4. The van der Waals surface area contributed by atoms with Crippen molar-refractivity contribution in [2.75, 3.05) is 6.26 Å². The highest BCUT2D eigenvalue weighted by Crippen LogP contribution is 2.11. The second-order valence-corrected chi connectivity index (χ2v) is 8.44. The molecule has 1 aromatic heterocycles. The summed E-state index contributed by atoms with van der Waals surface area (Å²) in [5.41, 5.74) is 2.13. The minimum Gasteiger partial charge on any atom is -0.454 e. The SMILES string of the molecule is CS(=O)(=O)Cc1ccc(C(=O)OCc2nccn2Cc2ccccc2)cc1. The Bertz CT molecular complexity index is 1010. The average Bonchev–Trinajstić information content (AvgIpc) is 3.07. The third-order valence-electron chi connectivity index (χ3n) is 3.95.